The summed E-state index contributed by atoms with van der Waals surface area (Å²) in [5, 5.41) is 5.61. The molecule has 0 saturated heterocycles. The van der Waals surface area contributed by atoms with Crippen LogP contribution in [-0.2, 0) is 9.59 Å². The van der Waals surface area contributed by atoms with Crippen molar-refractivity contribution in [2.75, 3.05) is 17.2 Å². The third-order valence-corrected chi connectivity index (χ3v) is 3.29. The van der Waals surface area contributed by atoms with Gasteiger partial charge in [-0.15, -0.1) is 0 Å². The van der Waals surface area contributed by atoms with E-state index in [1.54, 1.807) is 6.07 Å². The van der Waals surface area contributed by atoms with Gasteiger partial charge >= 0.3 is 0 Å². The van der Waals surface area contributed by atoms with Crippen LogP contribution in [0.5, 0.6) is 5.75 Å². The highest BCUT2D eigenvalue weighted by molar-refractivity contribution is 6.34. The van der Waals surface area contributed by atoms with Crippen LogP contribution in [0.1, 0.15) is 13.8 Å². The van der Waals surface area contributed by atoms with Crippen molar-refractivity contribution in [1.29, 1.82) is 0 Å². The standard InChI is InChI=1S/C13H16ClN3O3/c1-6(2)12(15)13(19)17-8-4-10-9(3-7(8)14)16-11(18)5-20-10/h3-4,6,12H,5,15H2,1-2H3,(H,16,18)(H,17,19). The predicted molar refractivity (Wildman–Crippen MR) is 77.0 cm³/mol. The molecule has 0 spiro atoms. The van der Waals surface area contributed by atoms with Gasteiger partial charge in [-0.3, -0.25) is 9.59 Å². The van der Waals surface area contributed by atoms with E-state index in [0.29, 0.717) is 22.1 Å². The Balaban J connectivity index is 2.21. The summed E-state index contributed by atoms with van der Waals surface area (Å²) in [4.78, 5) is 23.1. The first-order valence-electron chi connectivity index (χ1n) is 6.21. The molecule has 1 aliphatic heterocycles. The fraction of sp³-hybridized carbons (Fsp3) is 0.385. The predicted octanol–water partition coefficient (Wildman–Crippen LogP) is 1.59. The molecule has 0 saturated carbocycles. The van der Waals surface area contributed by atoms with Crippen molar-refractivity contribution in [2.24, 2.45) is 11.7 Å². The number of fused-ring (bicyclic) bond motifs is 1. The maximum Gasteiger partial charge on any atom is 0.262 e. The Kier molecular flexibility index (Phi) is 4.15. The lowest BCUT2D eigenvalue weighted by Crippen LogP contribution is -2.39. The van der Waals surface area contributed by atoms with Gasteiger partial charge in [0, 0.05) is 6.07 Å². The quantitative estimate of drug-likeness (QED) is 0.790. The minimum atomic E-state index is -0.622. The minimum Gasteiger partial charge on any atom is -0.482 e. The van der Waals surface area contributed by atoms with Crippen LogP contribution in [-0.4, -0.2) is 24.5 Å². The van der Waals surface area contributed by atoms with Crippen LogP contribution in [0.15, 0.2) is 12.1 Å². The topological polar surface area (TPSA) is 93.5 Å². The van der Waals surface area contributed by atoms with Crippen molar-refractivity contribution < 1.29 is 14.3 Å². The fourth-order valence-corrected chi connectivity index (χ4v) is 1.93. The zero-order valence-electron chi connectivity index (χ0n) is 11.2. The molecule has 1 atom stereocenters. The van der Waals surface area contributed by atoms with Crippen LogP contribution in [0.3, 0.4) is 0 Å². The second kappa shape index (κ2) is 5.68. The van der Waals surface area contributed by atoms with Crippen LogP contribution in [0, 0.1) is 5.92 Å². The van der Waals surface area contributed by atoms with E-state index in [9.17, 15) is 9.59 Å². The molecule has 6 nitrogen and oxygen atoms in total. The molecule has 4 N–H and O–H groups in total. The second-order valence-electron chi connectivity index (χ2n) is 4.92. The van der Waals surface area contributed by atoms with Crippen molar-refractivity contribution in [3.63, 3.8) is 0 Å². The first-order chi connectivity index (χ1) is 9.38. The SMILES string of the molecule is CC(C)C(N)C(=O)Nc1cc2c(cc1Cl)NC(=O)CO2. The largest absolute Gasteiger partial charge is 0.482 e. The Labute approximate surface area is 121 Å². The summed E-state index contributed by atoms with van der Waals surface area (Å²) in [6.07, 6.45) is 0. The van der Waals surface area contributed by atoms with E-state index >= 15 is 0 Å². The molecular weight excluding hydrogens is 282 g/mol. The summed E-state index contributed by atoms with van der Waals surface area (Å²) in [7, 11) is 0. The van der Waals surface area contributed by atoms with Crippen molar-refractivity contribution >= 4 is 34.8 Å². The number of halogens is 1. The van der Waals surface area contributed by atoms with Gasteiger partial charge in [0.25, 0.3) is 5.91 Å². The van der Waals surface area contributed by atoms with Gasteiger partial charge in [0.1, 0.15) is 5.75 Å². The molecule has 2 rings (SSSR count). The Bertz CT molecular complexity index is 560. The van der Waals surface area contributed by atoms with E-state index in [2.05, 4.69) is 10.6 Å². The average Bonchev–Trinajstić information content (AvgIpc) is 2.38. The van der Waals surface area contributed by atoms with Gasteiger partial charge in [-0.2, -0.15) is 0 Å². The third-order valence-electron chi connectivity index (χ3n) is 2.98. The van der Waals surface area contributed by atoms with E-state index in [1.165, 1.54) is 6.07 Å². The molecule has 7 heteroatoms. The normalized spacial score (nSPS) is 15.2. The second-order valence-corrected chi connectivity index (χ2v) is 5.33. The smallest absolute Gasteiger partial charge is 0.262 e. The maximum atomic E-state index is 11.9. The zero-order chi connectivity index (χ0) is 14.9. The maximum absolute atomic E-state index is 11.9. The van der Waals surface area contributed by atoms with Crippen molar-refractivity contribution in [2.45, 2.75) is 19.9 Å². The monoisotopic (exact) mass is 297 g/mol. The number of nitrogens with two attached hydrogens (primary N) is 1. The highest BCUT2D eigenvalue weighted by Crippen LogP contribution is 2.36. The molecule has 1 aliphatic rings. The van der Waals surface area contributed by atoms with Crippen LogP contribution in [0.25, 0.3) is 0 Å². The molecule has 0 bridgehead atoms. The summed E-state index contributed by atoms with van der Waals surface area (Å²) in [6, 6.07) is 2.48. The van der Waals surface area contributed by atoms with E-state index in [4.69, 9.17) is 22.1 Å². The van der Waals surface area contributed by atoms with Gasteiger partial charge in [-0.25, -0.2) is 0 Å². The van der Waals surface area contributed by atoms with Crippen molar-refractivity contribution in [3.05, 3.63) is 17.2 Å². The number of rotatable bonds is 3. The number of anilines is 2. The zero-order valence-corrected chi connectivity index (χ0v) is 12.0. The van der Waals surface area contributed by atoms with Crippen LogP contribution < -0.4 is 21.1 Å². The van der Waals surface area contributed by atoms with Gasteiger partial charge in [-0.1, -0.05) is 25.4 Å². The summed E-state index contributed by atoms with van der Waals surface area (Å²) >= 11 is 6.07. The molecule has 20 heavy (non-hydrogen) atoms. The molecule has 0 aromatic heterocycles. The first kappa shape index (κ1) is 14.6. The molecule has 1 heterocycles. The molecular formula is C13H16ClN3O3. The summed E-state index contributed by atoms with van der Waals surface area (Å²) in [5.41, 5.74) is 6.66. The first-order valence-corrected chi connectivity index (χ1v) is 6.59. The van der Waals surface area contributed by atoms with E-state index in [0.717, 1.165) is 0 Å². The summed E-state index contributed by atoms with van der Waals surface area (Å²) < 4.78 is 5.27. The lowest BCUT2D eigenvalue weighted by molar-refractivity contribution is -0.119. The van der Waals surface area contributed by atoms with Gasteiger partial charge in [0.2, 0.25) is 5.91 Å². The van der Waals surface area contributed by atoms with Gasteiger partial charge < -0.3 is 21.1 Å². The van der Waals surface area contributed by atoms with E-state index < -0.39 is 6.04 Å². The lowest BCUT2D eigenvalue weighted by Gasteiger charge is -2.21. The Morgan fingerprint density at radius 2 is 2.20 bits per heavy atom. The Hall–Kier alpha value is -1.79. The fourth-order valence-electron chi connectivity index (χ4n) is 1.71. The van der Waals surface area contributed by atoms with Crippen molar-refractivity contribution in [3.8, 4) is 5.75 Å². The lowest BCUT2D eigenvalue weighted by atomic mass is 10.0. The summed E-state index contributed by atoms with van der Waals surface area (Å²) in [5.74, 6) is -0.0850. The van der Waals surface area contributed by atoms with Crippen molar-refractivity contribution in [1.82, 2.24) is 0 Å². The van der Waals surface area contributed by atoms with Crippen LogP contribution in [0.4, 0.5) is 11.4 Å². The number of carbonyl (C=O) groups excluding carboxylic acids is 2. The number of ether oxygens (including phenoxy) is 1. The Morgan fingerprint density at radius 3 is 2.85 bits per heavy atom. The van der Waals surface area contributed by atoms with E-state index in [-0.39, 0.29) is 24.3 Å². The molecule has 1 unspecified atom stereocenters. The number of hydrogen-bond donors (Lipinski definition) is 3. The molecule has 0 radical (unpaired) electrons. The molecule has 108 valence electrons. The average molecular weight is 298 g/mol. The Morgan fingerprint density at radius 1 is 1.50 bits per heavy atom. The van der Waals surface area contributed by atoms with E-state index in [1.807, 2.05) is 13.8 Å². The highest BCUT2D eigenvalue weighted by atomic mass is 35.5. The van der Waals surface area contributed by atoms with Crippen LogP contribution >= 0.6 is 11.6 Å². The van der Waals surface area contributed by atoms with Gasteiger partial charge in [-0.05, 0) is 12.0 Å². The molecule has 1 aromatic carbocycles. The number of carbonyl (C=O) groups is 2. The minimum absolute atomic E-state index is 0.0157. The summed E-state index contributed by atoms with van der Waals surface area (Å²) in [6.45, 7) is 3.65. The number of amides is 2. The number of nitrogens with one attached hydrogen (secondary N) is 2. The molecule has 2 amide bonds. The molecule has 1 aromatic rings. The third kappa shape index (κ3) is 3.02. The highest BCUT2D eigenvalue weighted by Gasteiger charge is 2.21. The number of benzene rings is 1. The van der Waals surface area contributed by atoms with Gasteiger partial charge in [0.05, 0.1) is 22.4 Å². The van der Waals surface area contributed by atoms with Crippen LogP contribution in [0.2, 0.25) is 5.02 Å². The number of hydrogen-bond acceptors (Lipinski definition) is 4. The molecule has 0 aliphatic carbocycles. The molecule has 0 fully saturated rings. The van der Waals surface area contributed by atoms with Gasteiger partial charge in [0.15, 0.2) is 6.61 Å².